The molecule has 0 aromatic carbocycles. The van der Waals surface area contributed by atoms with Crippen LogP contribution in [0.1, 0.15) is 13.3 Å². The average molecular weight is 149 g/mol. The molecule has 0 rings (SSSR count). The van der Waals surface area contributed by atoms with Crippen molar-refractivity contribution in [2.24, 2.45) is 5.73 Å². The van der Waals surface area contributed by atoms with Crippen LogP contribution in [0.5, 0.6) is 0 Å². The molecule has 0 fully saturated rings. The van der Waals surface area contributed by atoms with Crippen LogP contribution < -0.4 is 5.73 Å². The Kier molecular flexibility index (Phi) is 6.58. The van der Waals surface area contributed by atoms with Crippen LogP contribution in [0.3, 0.4) is 0 Å². The Hall–Kier alpha value is 0.270. The Labute approximate surface area is 60.8 Å². The molecule has 0 saturated heterocycles. The molecule has 1 unspecified atom stereocenters. The van der Waals surface area contributed by atoms with Crippen molar-refractivity contribution in [2.75, 3.05) is 18.1 Å². The number of thioether (sulfide) groups is 1. The maximum Gasteiger partial charge on any atom is 0.0520 e. The molecule has 0 bridgehead atoms. The molecule has 2 nitrogen and oxygen atoms in total. The van der Waals surface area contributed by atoms with E-state index in [0.29, 0.717) is 0 Å². The maximum atomic E-state index is 8.81. The van der Waals surface area contributed by atoms with E-state index in [-0.39, 0.29) is 6.10 Å². The van der Waals surface area contributed by atoms with Gasteiger partial charge in [0, 0.05) is 12.3 Å². The third-order valence-corrected chi connectivity index (χ3v) is 1.99. The lowest BCUT2D eigenvalue weighted by Crippen LogP contribution is -2.04. The topological polar surface area (TPSA) is 46.2 Å². The van der Waals surface area contributed by atoms with Crippen LogP contribution in [0.4, 0.5) is 0 Å². The first-order chi connectivity index (χ1) is 4.27. The van der Waals surface area contributed by atoms with Crippen molar-refractivity contribution in [2.45, 2.75) is 19.4 Å². The van der Waals surface area contributed by atoms with Gasteiger partial charge in [-0.2, -0.15) is 11.8 Å². The van der Waals surface area contributed by atoms with Crippen molar-refractivity contribution in [1.82, 2.24) is 0 Å². The first-order valence-corrected chi connectivity index (χ1v) is 4.38. The highest BCUT2D eigenvalue weighted by Crippen LogP contribution is 2.02. The fourth-order valence-electron chi connectivity index (χ4n) is 0.439. The lowest BCUT2D eigenvalue weighted by Gasteiger charge is -2.01. The molecule has 3 N–H and O–H groups in total. The predicted octanol–water partition coefficient (Wildman–Crippen LogP) is 0.449. The van der Waals surface area contributed by atoms with E-state index in [1.807, 2.05) is 6.92 Å². The number of rotatable bonds is 5. The van der Waals surface area contributed by atoms with Crippen molar-refractivity contribution >= 4 is 11.8 Å². The van der Waals surface area contributed by atoms with E-state index in [9.17, 15) is 0 Å². The van der Waals surface area contributed by atoms with Gasteiger partial charge in [0.1, 0.15) is 0 Å². The zero-order valence-electron chi connectivity index (χ0n) is 5.84. The molecule has 3 heteroatoms. The fourth-order valence-corrected chi connectivity index (χ4v) is 1.32. The van der Waals surface area contributed by atoms with Crippen LogP contribution in [0.2, 0.25) is 0 Å². The van der Waals surface area contributed by atoms with Gasteiger partial charge < -0.3 is 10.8 Å². The van der Waals surface area contributed by atoms with Gasteiger partial charge in [-0.25, -0.2) is 0 Å². The van der Waals surface area contributed by atoms with Crippen molar-refractivity contribution in [1.29, 1.82) is 0 Å². The van der Waals surface area contributed by atoms with Crippen LogP contribution in [-0.2, 0) is 0 Å². The number of aliphatic hydroxyl groups excluding tert-OH is 1. The van der Waals surface area contributed by atoms with Gasteiger partial charge in [0.2, 0.25) is 0 Å². The van der Waals surface area contributed by atoms with Gasteiger partial charge in [-0.1, -0.05) is 0 Å². The third kappa shape index (κ3) is 8.27. The van der Waals surface area contributed by atoms with Gasteiger partial charge in [-0.05, 0) is 19.1 Å². The summed E-state index contributed by atoms with van der Waals surface area (Å²) in [6, 6.07) is 0. The Bertz CT molecular complexity index is 59.0. The van der Waals surface area contributed by atoms with Crippen molar-refractivity contribution in [3.05, 3.63) is 0 Å². The van der Waals surface area contributed by atoms with Gasteiger partial charge in [0.05, 0.1) is 6.10 Å². The molecule has 0 aliphatic heterocycles. The van der Waals surface area contributed by atoms with E-state index in [2.05, 4.69) is 0 Å². The first kappa shape index (κ1) is 9.27. The summed E-state index contributed by atoms with van der Waals surface area (Å²) in [5.74, 6) is 2.03. The highest BCUT2D eigenvalue weighted by molar-refractivity contribution is 7.99. The minimum Gasteiger partial charge on any atom is -0.393 e. The summed E-state index contributed by atoms with van der Waals surface area (Å²) in [6.45, 7) is 2.55. The van der Waals surface area contributed by atoms with Crippen molar-refractivity contribution in [3.63, 3.8) is 0 Å². The second kappa shape index (κ2) is 6.39. The predicted molar refractivity (Wildman–Crippen MR) is 42.7 cm³/mol. The number of hydrogen-bond donors (Lipinski definition) is 2. The molecule has 0 spiro atoms. The minimum absolute atomic E-state index is 0.157. The van der Waals surface area contributed by atoms with Gasteiger partial charge in [0.15, 0.2) is 0 Å². The van der Waals surface area contributed by atoms with Crippen molar-refractivity contribution in [3.8, 4) is 0 Å². The molecule has 1 atom stereocenters. The lowest BCUT2D eigenvalue weighted by atomic mass is 10.3. The Morgan fingerprint density at radius 2 is 2.22 bits per heavy atom. The van der Waals surface area contributed by atoms with Gasteiger partial charge in [-0.15, -0.1) is 0 Å². The van der Waals surface area contributed by atoms with Crippen LogP contribution >= 0.6 is 11.8 Å². The summed E-state index contributed by atoms with van der Waals surface area (Å²) >= 11 is 1.80. The summed E-state index contributed by atoms with van der Waals surface area (Å²) in [5, 5.41) is 8.81. The van der Waals surface area contributed by atoms with Gasteiger partial charge >= 0.3 is 0 Å². The monoisotopic (exact) mass is 149 g/mol. The lowest BCUT2D eigenvalue weighted by molar-refractivity contribution is 0.192. The van der Waals surface area contributed by atoms with E-state index in [4.69, 9.17) is 10.8 Å². The smallest absolute Gasteiger partial charge is 0.0520 e. The van der Waals surface area contributed by atoms with Crippen LogP contribution in [-0.4, -0.2) is 29.3 Å². The molecule has 56 valence electrons. The molecule has 0 aromatic rings. The van der Waals surface area contributed by atoms with Crippen LogP contribution in [0, 0.1) is 0 Å². The molecule has 0 aliphatic carbocycles. The molecule has 0 heterocycles. The molecule has 0 aromatic heterocycles. The van der Waals surface area contributed by atoms with Gasteiger partial charge in [0.25, 0.3) is 0 Å². The second-order valence-corrected chi connectivity index (χ2v) is 3.26. The summed E-state index contributed by atoms with van der Waals surface area (Å²) < 4.78 is 0. The number of hydrogen-bond acceptors (Lipinski definition) is 3. The Morgan fingerprint density at radius 1 is 1.56 bits per heavy atom. The summed E-state index contributed by atoms with van der Waals surface area (Å²) in [7, 11) is 0. The Balaban J connectivity index is 2.75. The van der Waals surface area contributed by atoms with E-state index in [0.717, 1.165) is 24.5 Å². The van der Waals surface area contributed by atoms with Crippen molar-refractivity contribution < 1.29 is 5.11 Å². The summed E-state index contributed by atoms with van der Waals surface area (Å²) in [6.07, 6.45) is 0.722. The molecule has 0 radical (unpaired) electrons. The highest BCUT2D eigenvalue weighted by atomic mass is 32.2. The SMILES string of the molecule is CC(O)CCSCCN. The zero-order valence-corrected chi connectivity index (χ0v) is 6.66. The first-order valence-electron chi connectivity index (χ1n) is 3.23. The van der Waals surface area contributed by atoms with E-state index in [1.54, 1.807) is 11.8 Å². The van der Waals surface area contributed by atoms with E-state index >= 15 is 0 Å². The van der Waals surface area contributed by atoms with E-state index in [1.165, 1.54) is 0 Å². The largest absolute Gasteiger partial charge is 0.393 e. The molecular weight excluding hydrogens is 134 g/mol. The van der Waals surface area contributed by atoms with Gasteiger partial charge in [-0.3, -0.25) is 0 Å². The molecule has 0 amide bonds. The Morgan fingerprint density at radius 3 is 2.67 bits per heavy atom. The number of nitrogens with two attached hydrogens (primary N) is 1. The quantitative estimate of drug-likeness (QED) is 0.558. The molecular formula is C6H15NOS. The average Bonchev–Trinajstić information content (AvgIpc) is 1.80. The normalized spacial score (nSPS) is 13.7. The molecule has 0 saturated carbocycles. The highest BCUT2D eigenvalue weighted by Gasteiger charge is 1.93. The third-order valence-electron chi connectivity index (χ3n) is 0.942. The second-order valence-electron chi connectivity index (χ2n) is 2.04. The standard InChI is InChI=1S/C6H15NOS/c1-6(8)2-4-9-5-3-7/h6,8H,2-5,7H2,1H3. The zero-order chi connectivity index (χ0) is 7.11. The number of aliphatic hydroxyl groups is 1. The molecule has 0 aliphatic rings. The van der Waals surface area contributed by atoms with Crippen LogP contribution in [0.25, 0.3) is 0 Å². The summed E-state index contributed by atoms with van der Waals surface area (Å²) in [5.41, 5.74) is 5.26. The van der Waals surface area contributed by atoms with Crippen LogP contribution in [0.15, 0.2) is 0 Å². The van der Waals surface area contributed by atoms with E-state index < -0.39 is 0 Å². The maximum absolute atomic E-state index is 8.81. The minimum atomic E-state index is -0.157. The molecule has 9 heavy (non-hydrogen) atoms. The fraction of sp³-hybridized carbons (Fsp3) is 1.00. The summed E-state index contributed by atoms with van der Waals surface area (Å²) in [4.78, 5) is 0.